The van der Waals surface area contributed by atoms with Gasteiger partial charge in [-0.1, -0.05) is 0 Å². The van der Waals surface area contributed by atoms with Crippen molar-refractivity contribution in [1.82, 2.24) is 0 Å². The van der Waals surface area contributed by atoms with Crippen LogP contribution < -0.4 is 0 Å². The van der Waals surface area contributed by atoms with Crippen LogP contribution in [0.5, 0.6) is 0 Å². The Labute approximate surface area is 68.0 Å². The summed E-state index contributed by atoms with van der Waals surface area (Å²) in [6, 6.07) is 0. The molecule has 12 heavy (non-hydrogen) atoms. The molecule has 2 aliphatic rings. The summed E-state index contributed by atoms with van der Waals surface area (Å²) in [5, 5.41) is 2.60. The summed E-state index contributed by atoms with van der Waals surface area (Å²) >= 11 is 0. The molecule has 4 heteroatoms. The fraction of sp³-hybridized carbons (Fsp3) is 0. The molecule has 0 saturated heterocycles. The fourth-order valence-electron chi connectivity index (χ4n) is 1.09. The number of ketones is 1. The van der Waals surface area contributed by atoms with Crippen LogP contribution in [-0.4, -0.2) is 11.5 Å². The monoisotopic (exact) mass is 160 g/mol. The largest absolute Gasteiger partial charge is 0.287 e. The topological polar surface area (TPSA) is 58.9 Å². The minimum Gasteiger partial charge on any atom is -0.287 e. The molecule has 0 N–H and O–H groups in total. The highest BCUT2D eigenvalue weighted by Gasteiger charge is 2.19. The number of fused-ring (bicyclic) bond motifs is 1. The minimum atomic E-state index is -0.356. The molecule has 1 aliphatic carbocycles. The van der Waals surface area contributed by atoms with Crippen LogP contribution in [0.25, 0.3) is 0 Å². The first kappa shape index (κ1) is 6.84. The van der Waals surface area contributed by atoms with E-state index in [0.717, 1.165) is 5.57 Å². The third-order valence-electron chi connectivity index (χ3n) is 1.67. The number of carbonyl (C=O) groups excluding carboxylic acids is 1. The van der Waals surface area contributed by atoms with Crippen molar-refractivity contribution in [3.8, 4) is 0 Å². The van der Waals surface area contributed by atoms with Gasteiger partial charge < -0.3 is 0 Å². The lowest BCUT2D eigenvalue weighted by Crippen LogP contribution is -2.08. The number of hydrogen-bond acceptors (Lipinski definition) is 4. The van der Waals surface area contributed by atoms with Gasteiger partial charge in [-0.05, 0) is 23.4 Å². The van der Waals surface area contributed by atoms with Crippen LogP contribution in [0.1, 0.15) is 0 Å². The molecule has 0 aromatic rings. The zero-order chi connectivity index (χ0) is 8.55. The lowest BCUT2D eigenvalue weighted by Gasteiger charge is -2.02. The average Bonchev–Trinajstić information content (AvgIpc) is 2.49. The Hall–Kier alpha value is -1.84. The number of nitrogens with zero attached hydrogens (tertiary/aromatic N) is 2. The maximum Gasteiger partial charge on any atom is 0.208 e. The molecule has 0 aromatic carbocycles. The second kappa shape index (κ2) is 2.34. The van der Waals surface area contributed by atoms with Gasteiger partial charge in [-0.15, -0.1) is 4.91 Å². The van der Waals surface area contributed by atoms with Gasteiger partial charge in [-0.2, -0.15) is 0 Å². The van der Waals surface area contributed by atoms with Crippen LogP contribution in [0, 0.1) is 4.91 Å². The summed E-state index contributed by atoms with van der Waals surface area (Å²) in [6.07, 6.45) is 6.05. The van der Waals surface area contributed by atoms with Gasteiger partial charge in [0.25, 0.3) is 0 Å². The van der Waals surface area contributed by atoms with Gasteiger partial charge in [-0.3, -0.25) is 9.79 Å². The Bertz CT molecular complexity index is 386. The van der Waals surface area contributed by atoms with E-state index < -0.39 is 0 Å². The van der Waals surface area contributed by atoms with Crippen molar-refractivity contribution in [2.45, 2.75) is 0 Å². The van der Waals surface area contributed by atoms with Crippen molar-refractivity contribution in [3.05, 3.63) is 40.6 Å². The number of nitroso groups, excluding NO2 is 1. The normalized spacial score (nSPS) is 19.7. The third-order valence-corrected chi connectivity index (χ3v) is 1.67. The van der Waals surface area contributed by atoms with Crippen molar-refractivity contribution >= 4 is 11.5 Å². The third kappa shape index (κ3) is 0.852. The van der Waals surface area contributed by atoms with Crippen molar-refractivity contribution < 1.29 is 4.79 Å². The molecule has 0 amide bonds. The van der Waals surface area contributed by atoms with E-state index in [1.165, 1.54) is 12.2 Å². The van der Waals surface area contributed by atoms with Crippen LogP contribution in [0.3, 0.4) is 0 Å². The minimum absolute atomic E-state index is 0.0822. The molecule has 4 nitrogen and oxygen atoms in total. The molecule has 0 saturated carbocycles. The van der Waals surface area contributed by atoms with E-state index in [-0.39, 0.29) is 11.5 Å². The van der Waals surface area contributed by atoms with E-state index >= 15 is 0 Å². The van der Waals surface area contributed by atoms with Crippen LogP contribution in [0.15, 0.2) is 45.9 Å². The van der Waals surface area contributed by atoms with E-state index in [1.54, 1.807) is 12.3 Å². The van der Waals surface area contributed by atoms with E-state index in [4.69, 9.17) is 0 Å². The molecule has 1 aliphatic heterocycles. The summed E-state index contributed by atoms with van der Waals surface area (Å²) < 4.78 is 0. The summed E-state index contributed by atoms with van der Waals surface area (Å²) in [6.45, 7) is 0. The Balaban J connectivity index is 2.49. The predicted molar refractivity (Wildman–Crippen MR) is 43.5 cm³/mol. The first-order valence-corrected chi connectivity index (χ1v) is 3.37. The molecular weight excluding hydrogens is 156 g/mol. The molecule has 0 fully saturated rings. The summed E-state index contributed by atoms with van der Waals surface area (Å²) in [5.74, 6) is -0.356. The fourth-order valence-corrected chi connectivity index (χ4v) is 1.09. The quantitative estimate of drug-likeness (QED) is 0.426. The molecule has 0 spiro atoms. The molecule has 0 atom stereocenters. The van der Waals surface area contributed by atoms with Gasteiger partial charge >= 0.3 is 0 Å². The van der Waals surface area contributed by atoms with Gasteiger partial charge in [0.2, 0.25) is 5.78 Å². The molecule has 1 heterocycles. The van der Waals surface area contributed by atoms with E-state index in [0.29, 0.717) is 5.71 Å². The number of allylic oxidation sites excluding steroid dienone is 4. The van der Waals surface area contributed by atoms with Gasteiger partial charge in [0.05, 0.1) is 5.71 Å². The highest BCUT2D eigenvalue weighted by molar-refractivity contribution is 6.24. The highest BCUT2D eigenvalue weighted by atomic mass is 16.3. The average molecular weight is 160 g/mol. The van der Waals surface area contributed by atoms with Crippen LogP contribution in [0.4, 0.5) is 0 Å². The first-order valence-electron chi connectivity index (χ1n) is 3.37. The molecule has 58 valence electrons. The molecular formula is C8H4N2O2. The van der Waals surface area contributed by atoms with Crippen LogP contribution >= 0.6 is 0 Å². The lowest BCUT2D eigenvalue weighted by molar-refractivity contribution is -0.111. The predicted octanol–water partition coefficient (Wildman–Crippen LogP) is 1.11. The first-order chi connectivity index (χ1) is 5.81. The number of hydrogen-bond donors (Lipinski definition) is 0. The summed E-state index contributed by atoms with van der Waals surface area (Å²) in [7, 11) is 0. The zero-order valence-corrected chi connectivity index (χ0v) is 6.02. The Kier molecular flexibility index (Phi) is 1.33. The second-order valence-electron chi connectivity index (χ2n) is 2.41. The van der Waals surface area contributed by atoms with E-state index in [1.807, 2.05) is 0 Å². The van der Waals surface area contributed by atoms with Gasteiger partial charge in [0.15, 0.2) is 5.70 Å². The van der Waals surface area contributed by atoms with Gasteiger partial charge in [0, 0.05) is 11.8 Å². The Morgan fingerprint density at radius 2 is 2.17 bits per heavy atom. The van der Waals surface area contributed by atoms with Crippen molar-refractivity contribution in [1.29, 1.82) is 0 Å². The Morgan fingerprint density at radius 3 is 2.92 bits per heavy atom. The highest BCUT2D eigenvalue weighted by Crippen LogP contribution is 2.18. The van der Waals surface area contributed by atoms with Crippen molar-refractivity contribution in [2.75, 3.05) is 0 Å². The van der Waals surface area contributed by atoms with Crippen molar-refractivity contribution in [3.63, 3.8) is 0 Å². The second-order valence-corrected chi connectivity index (χ2v) is 2.41. The lowest BCUT2D eigenvalue weighted by atomic mass is 10.0. The van der Waals surface area contributed by atoms with Gasteiger partial charge in [0.1, 0.15) is 0 Å². The maximum absolute atomic E-state index is 11.0. The zero-order valence-electron chi connectivity index (χ0n) is 6.02. The van der Waals surface area contributed by atoms with Crippen molar-refractivity contribution in [2.24, 2.45) is 10.2 Å². The standard InChI is InChI=1S/C8H4N2O2/c11-8-3-5-1-2-9-6(5)4-7(8)10-12/h1-4H. The van der Waals surface area contributed by atoms with Crippen LogP contribution in [0.2, 0.25) is 0 Å². The van der Waals surface area contributed by atoms with Gasteiger partial charge in [-0.25, -0.2) is 0 Å². The molecule has 2 rings (SSSR count). The molecule has 0 aromatic heterocycles. The molecule has 0 bridgehead atoms. The van der Waals surface area contributed by atoms with E-state index in [9.17, 15) is 9.70 Å². The smallest absolute Gasteiger partial charge is 0.208 e. The summed E-state index contributed by atoms with van der Waals surface area (Å²) in [5.41, 5.74) is 1.29. The molecule has 0 unspecified atom stereocenters. The van der Waals surface area contributed by atoms with E-state index in [2.05, 4.69) is 10.2 Å². The number of rotatable bonds is 1. The maximum atomic E-state index is 11.0. The SMILES string of the molecule is O=NC1=CC2=NC=CC2=CC1=O. The molecule has 0 radical (unpaired) electrons. The summed E-state index contributed by atoms with van der Waals surface area (Å²) in [4.78, 5) is 25.1. The van der Waals surface area contributed by atoms with Crippen LogP contribution in [-0.2, 0) is 4.79 Å². The number of carbonyl (C=O) groups is 1. The number of aliphatic imine (C=N–C) groups is 1. The Morgan fingerprint density at radius 1 is 1.33 bits per heavy atom.